The van der Waals surface area contributed by atoms with Crippen LogP contribution in [0.15, 0.2) is 0 Å². The maximum Gasteiger partial charge on any atom is 0.00388 e. The lowest BCUT2D eigenvalue weighted by Gasteiger charge is -2.24. The van der Waals surface area contributed by atoms with E-state index in [-0.39, 0.29) is 0 Å². The highest BCUT2D eigenvalue weighted by atomic mass is 14.9. The zero-order valence-electron chi connectivity index (χ0n) is 11.0. The molecule has 1 aliphatic carbocycles. The topological polar surface area (TPSA) is 24.1 Å². The Kier molecular flexibility index (Phi) is 4.26. The second-order valence-electron chi connectivity index (χ2n) is 5.96. The summed E-state index contributed by atoms with van der Waals surface area (Å²) in [4.78, 5) is 0. The largest absolute Gasteiger partial charge is 0.317 e. The molecular weight excluding hydrogens is 196 g/mol. The van der Waals surface area contributed by atoms with Gasteiger partial charge in [-0.2, -0.15) is 0 Å². The molecule has 0 aromatic carbocycles. The zero-order valence-corrected chi connectivity index (χ0v) is 11.0. The molecular formula is C14H28N2. The van der Waals surface area contributed by atoms with Crippen LogP contribution in [-0.2, 0) is 0 Å². The molecule has 1 saturated carbocycles. The summed E-state index contributed by atoms with van der Waals surface area (Å²) < 4.78 is 0. The summed E-state index contributed by atoms with van der Waals surface area (Å²) in [5.74, 6) is 0.985. The maximum absolute atomic E-state index is 3.73. The van der Waals surface area contributed by atoms with Crippen LogP contribution in [-0.4, -0.2) is 25.7 Å². The summed E-state index contributed by atoms with van der Waals surface area (Å²) in [5, 5.41) is 7.20. The lowest BCUT2D eigenvalue weighted by molar-refractivity contribution is 0.314. The average molecular weight is 224 g/mol. The quantitative estimate of drug-likeness (QED) is 0.724. The van der Waals surface area contributed by atoms with Crippen LogP contribution in [0.25, 0.3) is 0 Å². The van der Waals surface area contributed by atoms with Gasteiger partial charge in [0.15, 0.2) is 0 Å². The van der Waals surface area contributed by atoms with Crippen molar-refractivity contribution < 1.29 is 0 Å². The van der Waals surface area contributed by atoms with E-state index in [1.165, 1.54) is 58.2 Å². The number of piperidine rings is 1. The second kappa shape index (κ2) is 5.50. The van der Waals surface area contributed by atoms with Crippen molar-refractivity contribution in [3.8, 4) is 0 Å². The van der Waals surface area contributed by atoms with Gasteiger partial charge in [-0.3, -0.25) is 0 Å². The fraction of sp³-hybridized carbons (Fsp3) is 1.00. The van der Waals surface area contributed by atoms with E-state index >= 15 is 0 Å². The van der Waals surface area contributed by atoms with E-state index in [9.17, 15) is 0 Å². The summed E-state index contributed by atoms with van der Waals surface area (Å²) in [7, 11) is 0. The predicted molar refractivity (Wildman–Crippen MR) is 69.6 cm³/mol. The summed E-state index contributed by atoms with van der Waals surface area (Å²) in [6.45, 7) is 8.39. The fourth-order valence-electron chi connectivity index (χ4n) is 3.21. The Morgan fingerprint density at radius 1 is 1.38 bits per heavy atom. The number of unbranched alkanes of at least 4 members (excludes halogenated alkanes) is 1. The van der Waals surface area contributed by atoms with Crippen LogP contribution in [0.2, 0.25) is 0 Å². The molecule has 2 unspecified atom stereocenters. The first-order valence-corrected chi connectivity index (χ1v) is 7.21. The predicted octanol–water partition coefficient (Wildman–Crippen LogP) is 2.54. The molecule has 0 amide bonds. The molecule has 2 nitrogen and oxygen atoms in total. The molecule has 1 saturated heterocycles. The molecule has 1 heterocycles. The first-order chi connectivity index (χ1) is 7.77. The van der Waals surface area contributed by atoms with Crippen molar-refractivity contribution in [3.63, 3.8) is 0 Å². The van der Waals surface area contributed by atoms with Crippen LogP contribution >= 0.6 is 0 Å². The van der Waals surface area contributed by atoms with E-state index < -0.39 is 0 Å². The first kappa shape index (κ1) is 12.4. The van der Waals surface area contributed by atoms with E-state index in [1.54, 1.807) is 0 Å². The van der Waals surface area contributed by atoms with Crippen molar-refractivity contribution in [2.24, 2.45) is 11.3 Å². The number of nitrogens with one attached hydrogen (secondary N) is 2. The van der Waals surface area contributed by atoms with Gasteiger partial charge in [0, 0.05) is 6.04 Å². The molecule has 0 aromatic rings. The first-order valence-electron chi connectivity index (χ1n) is 7.21. The zero-order chi connectivity index (χ0) is 11.4. The SMILES string of the molecule is CCCCC(C)NCC1CC12CCNCC2. The molecule has 2 heteroatoms. The summed E-state index contributed by atoms with van der Waals surface area (Å²) in [6, 6.07) is 0.722. The third-order valence-electron chi connectivity index (χ3n) is 4.66. The number of hydrogen-bond acceptors (Lipinski definition) is 2. The molecule has 2 N–H and O–H groups in total. The minimum Gasteiger partial charge on any atom is -0.317 e. The third-order valence-corrected chi connectivity index (χ3v) is 4.66. The van der Waals surface area contributed by atoms with E-state index in [0.29, 0.717) is 0 Å². The Morgan fingerprint density at radius 3 is 2.81 bits per heavy atom. The molecule has 0 bridgehead atoms. The Labute approximate surface area is 101 Å². The van der Waals surface area contributed by atoms with Crippen LogP contribution in [0.5, 0.6) is 0 Å². The van der Waals surface area contributed by atoms with Gasteiger partial charge in [0.2, 0.25) is 0 Å². The van der Waals surface area contributed by atoms with Gasteiger partial charge in [-0.05, 0) is 63.6 Å². The minimum absolute atomic E-state index is 0.722. The average Bonchev–Trinajstić information content (AvgIpc) is 2.97. The smallest absolute Gasteiger partial charge is 0.00388 e. The van der Waals surface area contributed by atoms with E-state index in [2.05, 4.69) is 24.5 Å². The van der Waals surface area contributed by atoms with Crippen molar-refractivity contribution in [1.29, 1.82) is 0 Å². The Morgan fingerprint density at radius 2 is 2.12 bits per heavy atom. The number of rotatable bonds is 6. The maximum atomic E-state index is 3.73. The lowest BCUT2D eigenvalue weighted by Crippen LogP contribution is -2.33. The highest BCUT2D eigenvalue weighted by Gasteiger charge is 2.53. The molecule has 2 aliphatic rings. The Hall–Kier alpha value is -0.0800. The van der Waals surface area contributed by atoms with Crippen LogP contribution in [0.3, 0.4) is 0 Å². The van der Waals surface area contributed by atoms with Crippen LogP contribution < -0.4 is 10.6 Å². The standard InChI is InChI=1S/C14H28N2/c1-3-4-5-12(2)16-11-13-10-14(13)6-8-15-9-7-14/h12-13,15-16H,3-11H2,1-2H3. The normalized spacial score (nSPS) is 29.2. The van der Waals surface area contributed by atoms with Gasteiger partial charge in [0.05, 0.1) is 0 Å². The van der Waals surface area contributed by atoms with Crippen molar-refractivity contribution >= 4 is 0 Å². The molecule has 1 spiro atoms. The van der Waals surface area contributed by atoms with Gasteiger partial charge >= 0.3 is 0 Å². The summed E-state index contributed by atoms with van der Waals surface area (Å²) in [6.07, 6.45) is 8.37. The summed E-state index contributed by atoms with van der Waals surface area (Å²) >= 11 is 0. The van der Waals surface area contributed by atoms with Gasteiger partial charge in [0.1, 0.15) is 0 Å². The Bertz CT molecular complexity index is 209. The lowest BCUT2D eigenvalue weighted by atomic mass is 9.92. The van der Waals surface area contributed by atoms with Gasteiger partial charge in [-0.1, -0.05) is 19.8 Å². The molecule has 0 aromatic heterocycles. The van der Waals surface area contributed by atoms with Gasteiger partial charge < -0.3 is 10.6 Å². The fourth-order valence-corrected chi connectivity index (χ4v) is 3.21. The van der Waals surface area contributed by atoms with Crippen molar-refractivity contribution in [3.05, 3.63) is 0 Å². The van der Waals surface area contributed by atoms with Crippen molar-refractivity contribution in [2.75, 3.05) is 19.6 Å². The van der Waals surface area contributed by atoms with Crippen molar-refractivity contribution in [2.45, 2.75) is 58.4 Å². The molecule has 2 rings (SSSR count). The van der Waals surface area contributed by atoms with E-state index in [4.69, 9.17) is 0 Å². The molecule has 0 radical (unpaired) electrons. The molecule has 1 aliphatic heterocycles. The second-order valence-corrected chi connectivity index (χ2v) is 5.96. The minimum atomic E-state index is 0.722. The van der Waals surface area contributed by atoms with Gasteiger partial charge in [0.25, 0.3) is 0 Å². The molecule has 16 heavy (non-hydrogen) atoms. The highest BCUT2D eigenvalue weighted by molar-refractivity contribution is 5.05. The van der Waals surface area contributed by atoms with Crippen LogP contribution in [0, 0.1) is 11.3 Å². The van der Waals surface area contributed by atoms with Crippen molar-refractivity contribution in [1.82, 2.24) is 10.6 Å². The van der Waals surface area contributed by atoms with E-state index in [1.807, 2.05) is 0 Å². The highest BCUT2D eigenvalue weighted by Crippen LogP contribution is 2.58. The monoisotopic (exact) mass is 224 g/mol. The molecule has 2 fully saturated rings. The number of hydrogen-bond donors (Lipinski definition) is 2. The molecule has 2 atom stereocenters. The summed E-state index contributed by atoms with van der Waals surface area (Å²) in [5.41, 5.74) is 0.753. The van der Waals surface area contributed by atoms with Crippen LogP contribution in [0.1, 0.15) is 52.4 Å². The van der Waals surface area contributed by atoms with E-state index in [0.717, 1.165) is 17.4 Å². The van der Waals surface area contributed by atoms with Gasteiger partial charge in [-0.25, -0.2) is 0 Å². The molecule has 94 valence electrons. The van der Waals surface area contributed by atoms with Crippen LogP contribution in [0.4, 0.5) is 0 Å². The third kappa shape index (κ3) is 2.98. The Balaban J connectivity index is 1.61. The van der Waals surface area contributed by atoms with Gasteiger partial charge in [-0.15, -0.1) is 0 Å².